The maximum atomic E-state index is 11.5. The van der Waals surface area contributed by atoms with Gasteiger partial charge in [-0.25, -0.2) is 0 Å². The lowest BCUT2D eigenvalue weighted by Gasteiger charge is -2.25. The quantitative estimate of drug-likeness (QED) is 0.707. The molecular weight excluding hydrogens is 192 g/mol. The molecule has 1 amide bonds. The maximum absolute atomic E-state index is 11.5. The molecule has 1 unspecified atom stereocenters. The molecule has 1 fully saturated rings. The number of hydrogen-bond acceptors (Lipinski definition) is 3. The molecule has 4 nitrogen and oxygen atoms in total. The van der Waals surface area contributed by atoms with Gasteiger partial charge in [0, 0.05) is 13.1 Å². The summed E-state index contributed by atoms with van der Waals surface area (Å²) >= 11 is 0. The third kappa shape index (κ3) is 4.62. The third-order valence-electron chi connectivity index (χ3n) is 2.57. The zero-order valence-corrected chi connectivity index (χ0v) is 9.71. The highest BCUT2D eigenvalue weighted by Crippen LogP contribution is 2.08. The van der Waals surface area contributed by atoms with Crippen LogP contribution in [0.1, 0.15) is 33.1 Å². The topological polar surface area (TPSA) is 50.4 Å². The van der Waals surface area contributed by atoms with Crippen molar-refractivity contribution in [2.45, 2.75) is 45.3 Å². The Morgan fingerprint density at radius 3 is 3.07 bits per heavy atom. The molecule has 0 spiro atoms. The summed E-state index contributed by atoms with van der Waals surface area (Å²) in [5.41, 5.74) is 0. The molecule has 0 saturated carbocycles. The Kier molecular flexibility index (Phi) is 5.65. The Hall–Kier alpha value is -0.610. The molecule has 1 saturated heterocycles. The molecule has 1 aliphatic rings. The van der Waals surface area contributed by atoms with Gasteiger partial charge in [0.15, 0.2) is 0 Å². The SMILES string of the molecule is CCCNC(=O)C(C)O[C@H]1CCCNC1. The van der Waals surface area contributed by atoms with Crippen molar-refractivity contribution in [3.05, 3.63) is 0 Å². The highest BCUT2D eigenvalue weighted by Gasteiger charge is 2.20. The van der Waals surface area contributed by atoms with Crippen LogP contribution in [0.25, 0.3) is 0 Å². The van der Waals surface area contributed by atoms with Gasteiger partial charge in [-0.2, -0.15) is 0 Å². The van der Waals surface area contributed by atoms with Crippen LogP contribution in [0, 0.1) is 0 Å². The van der Waals surface area contributed by atoms with E-state index in [0.29, 0.717) is 0 Å². The van der Waals surface area contributed by atoms with E-state index in [1.807, 2.05) is 13.8 Å². The molecule has 88 valence electrons. The van der Waals surface area contributed by atoms with Crippen LogP contribution in [0.2, 0.25) is 0 Å². The molecule has 0 aromatic rings. The van der Waals surface area contributed by atoms with Crippen LogP contribution >= 0.6 is 0 Å². The van der Waals surface area contributed by atoms with Gasteiger partial charge >= 0.3 is 0 Å². The zero-order valence-electron chi connectivity index (χ0n) is 9.71. The summed E-state index contributed by atoms with van der Waals surface area (Å²) < 4.78 is 5.68. The number of carbonyl (C=O) groups is 1. The summed E-state index contributed by atoms with van der Waals surface area (Å²) in [6, 6.07) is 0. The maximum Gasteiger partial charge on any atom is 0.248 e. The lowest BCUT2D eigenvalue weighted by molar-refractivity contribution is -0.135. The van der Waals surface area contributed by atoms with Crippen molar-refractivity contribution < 1.29 is 9.53 Å². The van der Waals surface area contributed by atoms with Crippen molar-refractivity contribution in [2.75, 3.05) is 19.6 Å². The van der Waals surface area contributed by atoms with Crippen molar-refractivity contribution in [1.29, 1.82) is 0 Å². The molecular formula is C11H22N2O2. The number of hydrogen-bond donors (Lipinski definition) is 2. The van der Waals surface area contributed by atoms with Crippen molar-refractivity contribution in [3.8, 4) is 0 Å². The van der Waals surface area contributed by atoms with Crippen LogP contribution in [0.15, 0.2) is 0 Å². The van der Waals surface area contributed by atoms with E-state index in [-0.39, 0.29) is 18.1 Å². The molecule has 0 aromatic heterocycles. The number of piperidine rings is 1. The van der Waals surface area contributed by atoms with Crippen molar-refractivity contribution in [2.24, 2.45) is 0 Å². The number of rotatable bonds is 5. The second kappa shape index (κ2) is 6.80. The molecule has 0 aliphatic carbocycles. The fourth-order valence-electron chi connectivity index (χ4n) is 1.68. The standard InChI is InChI=1S/C11H22N2O2/c1-3-6-13-11(14)9(2)15-10-5-4-7-12-8-10/h9-10,12H,3-8H2,1-2H3,(H,13,14)/t9?,10-/m0/s1. The molecule has 1 heterocycles. The van der Waals surface area contributed by atoms with Crippen LogP contribution in [0.4, 0.5) is 0 Å². The molecule has 2 N–H and O–H groups in total. The van der Waals surface area contributed by atoms with Crippen molar-refractivity contribution in [3.63, 3.8) is 0 Å². The zero-order chi connectivity index (χ0) is 11.1. The second-order valence-electron chi connectivity index (χ2n) is 4.04. The first-order valence-electron chi connectivity index (χ1n) is 5.88. The fraction of sp³-hybridized carbons (Fsp3) is 0.909. The minimum absolute atomic E-state index is 0.00224. The number of ether oxygens (including phenoxy) is 1. The van der Waals surface area contributed by atoms with E-state index in [0.717, 1.165) is 38.9 Å². The van der Waals surface area contributed by atoms with Crippen LogP contribution in [0.5, 0.6) is 0 Å². The van der Waals surface area contributed by atoms with Gasteiger partial charge in [0.1, 0.15) is 6.10 Å². The number of nitrogens with one attached hydrogen (secondary N) is 2. The average Bonchev–Trinajstić information content (AvgIpc) is 2.27. The Labute approximate surface area is 91.8 Å². The van der Waals surface area contributed by atoms with E-state index in [4.69, 9.17) is 4.74 Å². The fourth-order valence-corrected chi connectivity index (χ4v) is 1.68. The van der Waals surface area contributed by atoms with Gasteiger partial charge in [-0.1, -0.05) is 6.92 Å². The Balaban J connectivity index is 2.20. The monoisotopic (exact) mass is 214 g/mol. The molecule has 4 heteroatoms. The largest absolute Gasteiger partial charge is 0.364 e. The van der Waals surface area contributed by atoms with Crippen LogP contribution < -0.4 is 10.6 Å². The van der Waals surface area contributed by atoms with Crippen LogP contribution in [-0.2, 0) is 9.53 Å². The second-order valence-corrected chi connectivity index (χ2v) is 4.04. The molecule has 1 rings (SSSR count). The normalized spacial score (nSPS) is 23.5. The first kappa shape index (κ1) is 12.5. The molecule has 15 heavy (non-hydrogen) atoms. The van der Waals surface area contributed by atoms with E-state index in [1.54, 1.807) is 0 Å². The summed E-state index contributed by atoms with van der Waals surface area (Å²) in [7, 11) is 0. The Morgan fingerprint density at radius 2 is 2.47 bits per heavy atom. The van der Waals surface area contributed by atoms with Gasteiger partial charge in [-0.05, 0) is 32.7 Å². The number of carbonyl (C=O) groups excluding carboxylic acids is 1. The lowest BCUT2D eigenvalue weighted by Crippen LogP contribution is -2.42. The highest BCUT2D eigenvalue weighted by molar-refractivity contribution is 5.80. The van der Waals surface area contributed by atoms with Crippen LogP contribution in [0.3, 0.4) is 0 Å². The first-order chi connectivity index (χ1) is 7.24. The summed E-state index contributed by atoms with van der Waals surface area (Å²) in [5, 5.41) is 6.10. The van der Waals surface area contributed by atoms with E-state index in [1.165, 1.54) is 0 Å². The predicted octanol–water partition coefficient (Wildman–Crippen LogP) is 0.670. The van der Waals surface area contributed by atoms with Gasteiger partial charge in [0.2, 0.25) is 5.91 Å². The Morgan fingerprint density at radius 1 is 1.67 bits per heavy atom. The smallest absolute Gasteiger partial charge is 0.248 e. The van der Waals surface area contributed by atoms with Gasteiger partial charge < -0.3 is 15.4 Å². The van der Waals surface area contributed by atoms with Crippen molar-refractivity contribution >= 4 is 5.91 Å². The molecule has 0 bridgehead atoms. The van der Waals surface area contributed by atoms with E-state index < -0.39 is 0 Å². The predicted molar refractivity (Wildman–Crippen MR) is 59.7 cm³/mol. The number of amides is 1. The van der Waals surface area contributed by atoms with Gasteiger partial charge in [0.05, 0.1) is 6.10 Å². The Bertz CT molecular complexity index is 191. The molecule has 2 atom stereocenters. The van der Waals surface area contributed by atoms with E-state index >= 15 is 0 Å². The molecule has 0 aromatic carbocycles. The van der Waals surface area contributed by atoms with Gasteiger partial charge in [-0.3, -0.25) is 4.79 Å². The summed E-state index contributed by atoms with van der Waals surface area (Å²) in [6.07, 6.45) is 3.01. The van der Waals surface area contributed by atoms with Crippen LogP contribution in [-0.4, -0.2) is 37.7 Å². The highest BCUT2D eigenvalue weighted by atomic mass is 16.5. The minimum Gasteiger partial charge on any atom is -0.364 e. The molecule has 1 aliphatic heterocycles. The lowest BCUT2D eigenvalue weighted by atomic mass is 10.1. The summed E-state index contributed by atoms with van der Waals surface area (Å²) in [6.45, 7) is 6.52. The average molecular weight is 214 g/mol. The van der Waals surface area contributed by atoms with E-state index in [2.05, 4.69) is 10.6 Å². The van der Waals surface area contributed by atoms with Gasteiger partial charge in [-0.15, -0.1) is 0 Å². The van der Waals surface area contributed by atoms with Gasteiger partial charge in [0.25, 0.3) is 0 Å². The third-order valence-corrected chi connectivity index (χ3v) is 2.57. The summed E-state index contributed by atoms with van der Waals surface area (Å²) in [4.78, 5) is 11.5. The summed E-state index contributed by atoms with van der Waals surface area (Å²) in [5.74, 6) is 0.00224. The molecule has 0 radical (unpaired) electrons. The first-order valence-corrected chi connectivity index (χ1v) is 5.88. The van der Waals surface area contributed by atoms with Crippen molar-refractivity contribution in [1.82, 2.24) is 10.6 Å². The minimum atomic E-state index is -0.332. The van der Waals surface area contributed by atoms with E-state index in [9.17, 15) is 4.79 Å².